The first-order valence-electron chi connectivity index (χ1n) is 8.94. The van der Waals surface area contributed by atoms with Crippen LogP contribution in [0.2, 0.25) is 0 Å². The number of sulfonamides is 1. The number of azide groups is 1. The molecule has 1 aromatic heterocycles. The van der Waals surface area contributed by atoms with Gasteiger partial charge in [-0.05, 0) is 61.1 Å². The first-order chi connectivity index (χ1) is 13.1. The van der Waals surface area contributed by atoms with E-state index in [0.29, 0.717) is 25.6 Å². The minimum absolute atomic E-state index is 0.253. The summed E-state index contributed by atoms with van der Waals surface area (Å²) in [6.07, 6.45) is 5.15. The van der Waals surface area contributed by atoms with E-state index >= 15 is 0 Å². The minimum atomic E-state index is -3.52. The van der Waals surface area contributed by atoms with Gasteiger partial charge in [-0.15, -0.1) is 0 Å². The van der Waals surface area contributed by atoms with Gasteiger partial charge in [0.25, 0.3) is 0 Å². The molecule has 0 radical (unpaired) electrons. The summed E-state index contributed by atoms with van der Waals surface area (Å²) < 4.78 is 32.6. The first-order valence-corrected chi connectivity index (χ1v) is 10.4. The van der Waals surface area contributed by atoms with Crippen molar-refractivity contribution >= 4 is 10.0 Å². The predicted octanol–water partition coefficient (Wildman–Crippen LogP) is 3.25. The van der Waals surface area contributed by atoms with Crippen LogP contribution >= 0.6 is 0 Å². The molecule has 0 bridgehead atoms. The Hall–Kier alpha value is -2.32. The average Bonchev–Trinajstić information content (AvgIpc) is 3.22. The number of benzene rings is 1. The maximum absolute atomic E-state index is 12.4. The fourth-order valence-electron chi connectivity index (χ4n) is 3.22. The lowest BCUT2D eigenvalue weighted by Crippen LogP contribution is -2.40. The Morgan fingerprint density at radius 1 is 1.19 bits per heavy atom. The molecule has 2 heterocycles. The van der Waals surface area contributed by atoms with Crippen LogP contribution in [0.25, 0.3) is 21.6 Å². The first kappa shape index (κ1) is 19.4. The number of hydrogen-bond acceptors (Lipinski definition) is 5. The van der Waals surface area contributed by atoms with E-state index in [2.05, 4.69) is 19.6 Å². The highest BCUT2D eigenvalue weighted by Gasteiger charge is 2.19. The summed E-state index contributed by atoms with van der Waals surface area (Å²) in [4.78, 5) is 5.29. The summed E-state index contributed by atoms with van der Waals surface area (Å²) >= 11 is 0. The molecule has 0 atom stereocenters. The topological polar surface area (TPSA) is 111 Å². The van der Waals surface area contributed by atoms with Crippen molar-refractivity contribution in [2.45, 2.75) is 17.7 Å². The van der Waals surface area contributed by atoms with Gasteiger partial charge in [0, 0.05) is 30.1 Å². The van der Waals surface area contributed by atoms with Crippen LogP contribution in [0.15, 0.2) is 57.3 Å². The molecule has 3 rings (SSSR count). The second-order valence-corrected chi connectivity index (χ2v) is 8.40. The van der Waals surface area contributed by atoms with Crippen LogP contribution in [-0.4, -0.2) is 46.0 Å². The molecule has 1 fully saturated rings. The molecule has 1 N–H and O–H groups in total. The molecule has 0 unspecified atom stereocenters. The summed E-state index contributed by atoms with van der Waals surface area (Å²) in [5.74, 6) is 0.433. The van der Waals surface area contributed by atoms with Gasteiger partial charge in [0.05, 0.1) is 17.4 Å². The molecule has 0 spiro atoms. The van der Waals surface area contributed by atoms with Gasteiger partial charge >= 0.3 is 0 Å². The fourth-order valence-corrected chi connectivity index (χ4v) is 4.24. The summed E-state index contributed by atoms with van der Waals surface area (Å²) in [5, 5.41) is 3.64. The van der Waals surface area contributed by atoms with Crippen molar-refractivity contribution in [2.24, 2.45) is 11.0 Å². The Morgan fingerprint density at radius 3 is 2.56 bits per heavy atom. The number of rotatable bonds is 8. The third kappa shape index (κ3) is 5.33. The van der Waals surface area contributed by atoms with Crippen molar-refractivity contribution in [3.63, 3.8) is 0 Å². The van der Waals surface area contributed by atoms with Crippen LogP contribution < -0.4 is 4.72 Å². The van der Waals surface area contributed by atoms with Gasteiger partial charge in [0.1, 0.15) is 0 Å². The monoisotopic (exact) mass is 389 g/mol. The largest absolute Gasteiger partial charge is 0.472 e. The molecule has 1 aliphatic heterocycles. The quantitative estimate of drug-likeness (QED) is 0.424. The molecule has 1 aliphatic rings. The van der Waals surface area contributed by atoms with Crippen molar-refractivity contribution in [3.05, 3.63) is 53.3 Å². The number of hydrogen-bond donors (Lipinski definition) is 1. The van der Waals surface area contributed by atoms with E-state index < -0.39 is 10.0 Å². The van der Waals surface area contributed by atoms with Gasteiger partial charge in [-0.25, -0.2) is 13.1 Å². The van der Waals surface area contributed by atoms with E-state index in [9.17, 15) is 8.42 Å². The average molecular weight is 389 g/mol. The lowest BCUT2D eigenvalue weighted by atomic mass is 9.97. The van der Waals surface area contributed by atoms with Crippen molar-refractivity contribution in [1.29, 1.82) is 0 Å². The molecule has 144 valence electrons. The Bertz CT molecular complexity index is 866. The zero-order valence-corrected chi connectivity index (χ0v) is 15.8. The third-order valence-corrected chi connectivity index (χ3v) is 6.33. The molecule has 8 nitrogen and oxygen atoms in total. The van der Waals surface area contributed by atoms with Crippen molar-refractivity contribution < 1.29 is 12.8 Å². The van der Waals surface area contributed by atoms with E-state index in [4.69, 9.17) is 9.95 Å². The molecule has 2 aromatic rings. The second kappa shape index (κ2) is 9.05. The van der Waals surface area contributed by atoms with Crippen molar-refractivity contribution in [2.75, 3.05) is 32.7 Å². The molecule has 1 saturated heterocycles. The van der Waals surface area contributed by atoms with E-state index in [1.165, 1.54) is 0 Å². The molecule has 0 saturated carbocycles. The lowest BCUT2D eigenvalue weighted by Gasteiger charge is -2.31. The number of nitrogens with zero attached hydrogens (tertiary/aromatic N) is 4. The third-order valence-electron chi connectivity index (χ3n) is 4.85. The SMILES string of the molecule is [N-]=[N+]=NCC1CCN(CCNS(=O)(=O)c2ccc(-c3ccoc3)cc2)CC1. The van der Waals surface area contributed by atoms with Gasteiger partial charge in [-0.1, -0.05) is 17.2 Å². The maximum atomic E-state index is 12.4. The summed E-state index contributed by atoms with van der Waals surface area (Å²) in [5.41, 5.74) is 10.2. The van der Waals surface area contributed by atoms with E-state index in [-0.39, 0.29) is 4.90 Å². The van der Waals surface area contributed by atoms with Crippen molar-refractivity contribution in [3.8, 4) is 11.1 Å². The van der Waals surface area contributed by atoms with Gasteiger partial charge in [-0.2, -0.15) is 0 Å². The van der Waals surface area contributed by atoms with Crippen molar-refractivity contribution in [1.82, 2.24) is 9.62 Å². The highest BCUT2D eigenvalue weighted by Crippen LogP contribution is 2.21. The standard InChI is InChI=1S/C18H23N5O3S/c19-22-20-13-15-5-9-23(10-6-15)11-8-21-27(24,25)18-3-1-16(2-4-18)17-7-12-26-14-17/h1-4,7,12,14-15,21H,5-6,8-11,13H2. The highest BCUT2D eigenvalue weighted by molar-refractivity contribution is 7.89. The minimum Gasteiger partial charge on any atom is -0.472 e. The zero-order valence-electron chi connectivity index (χ0n) is 15.0. The Labute approximate surface area is 158 Å². The second-order valence-electron chi connectivity index (χ2n) is 6.63. The molecule has 0 amide bonds. The molecular formula is C18H23N5O3S. The van der Waals surface area contributed by atoms with Crippen LogP contribution in [0.4, 0.5) is 0 Å². The molecule has 9 heteroatoms. The molecule has 0 aliphatic carbocycles. The van der Waals surface area contributed by atoms with Gasteiger partial charge < -0.3 is 9.32 Å². The van der Waals surface area contributed by atoms with E-state index in [1.54, 1.807) is 36.8 Å². The smallest absolute Gasteiger partial charge is 0.240 e. The normalized spacial score (nSPS) is 16.1. The summed E-state index contributed by atoms with van der Waals surface area (Å²) in [6, 6.07) is 8.58. The molecular weight excluding hydrogens is 366 g/mol. The predicted molar refractivity (Wildman–Crippen MR) is 103 cm³/mol. The van der Waals surface area contributed by atoms with Crippen LogP contribution in [0.1, 0.15) is 12.8 Å². The van der Waals surface area contributed by atoms with Crippen LogP contribution in [0.3, 0.4) is 0 Å². The number of piperidine rings is 1. The highest BCUT2D eigenvalue weighted by atomic mass is 32.2. The Balaban J connectivity index is 1.47. The lowest BCUT2D eigenvalue weighted by molar-refractivity contribution is 0.190. The number of likely N-dealkylation sites (tertiary alicyclic amines) is 1. The van der Waals surface area contributed by atoms with Crippen LogP contribution in [0.5, 0.6) is 0 Å². The Morgan fingerprint density at radius 2 is 1.93 bits per heavy atom. The fraction of sp³-hybridized carbons (Fsp3) is 0.444. The summed E-state index contributed by atoms with van der Waals surface area (Å²) in [7, 11) is -3.52. The van der Waals surface area contributed by atoms with Gasteiger partial charge in [0.15, 0.2) is 0 Å². The molecule has 27 heavy (non-hydrogen) atoms. The number of nitrogens with one attached hydrogen (secondary N) is 1. The Kier molecular flexibility index (Phi) is 6.52. The van der Waals surface area contributed by atoms with Crippen LogP contribution in [-0.2, 0) is 10.0 Å². The molecule has 1 aromatic carbocycles. The van der Waals surface area contributed by atoms with E-state index in [1.807, 2.05) is 6.07 Å². The van der Waals surface area contributed by atoms with Crippen LogP contribution in [0, 0.1) is 5.92 Å². The van der Waals surface area contributed by atoms with Gasteiger partial charge in [-0.3, -0.25) is 0 Å². The van der Waals surface area contributed by atoms with Gasteiger partial charge in [0.2, 0.25) is 10.0 Å². The van der Waals surface area contributed by atoms with E-state index in [0.717, 1.165) is 37.1 Å². The summed E-state index contributed by atoms with van der Waals surface area (Å²) in [6.45, 7) is 3.37. The zero-order chi connectivity index (χ0) is 19.1. The maximum Gasteiger partial charge on any atom is 0.240 e. The number of furan rings is 1.